The molecular weight excluding hydrogens is 344 g/mol. The molecule has 0 bridgehead atoms. The molecule has 0 fully saturated rings. The fourth-order valence-electron chi connectivity index (χ4n) is 3.15. The van der Waals surface area contributed by atoms with Gasteiger partial charge in [-0.2, -0.15) is 0 Å². The van der Waals surface area contributed by atoms with Crippen LogP contribution >= 0.6 is 0 Å². The maximum atomic E-state index is 12.4. The molecular formula is C21H20N2O4. The third-order valence-corrected chi connectivity index (χ3v) is 4.35. The molecule has 0 saturated carbocycles. The van der Waals surface area contributed by atoms with Crippen LogP contribution in [0, 0.1) is 6.92 Å². The Balaban J connectivity index is 2.00. The minimum atomic E-state index is -1.09. The number of aliphatic hydroxyl groups excluding tert-OH is 1. The number of nitrogens with one attached hydrogen (secondary N) is 1. The normalized spacial score (nSPS) is 10.7. The van der Waals surface area contributed by atoms with Crippen molar-refractivity contribution in [1.29, 1.82) is 0 Å². The van der Waals surface area contributed by atoms with Crippen molar-refractivity contribution in [1.82, 2.24) is 10.3 Å². The highest BCUT2D eigenvalue weighted by Gasteiger charge is 2.14. The second kappa shape index (κ2) is 7.97. The first kappa shape index (κ1) is 18.5. The van der Waals surface area contributed by atoms with Gasteiger partial charge in [0.15, 0.2) is 0 Å². The van der Waals surface area contributed by atoms with Crippen molar-refractivity contribution in [2.75, 3.05) is 6.54 Å². The lowest BCUT2D eigenvalue weighted by atomic mass is 9.96. The molecule has 1 amide bonds. The molecule has 0 saturated heterocycles. The Morgan fingerprint density at radius 1 is 1.04 bits per heavy atom. The number of pyridine rings is 1. The van der Waals surface area contributed by atoms with Crippen molar-refractivity contribution < 1.29 is 19.8 Å². The molecule has 0 unspecified atom stereocenters. The molecule has 0 spiro atoms. The number of carboxylic acids is 1. The number of rotatable bonds is 6. The highest BCUT2D eigenvalue weighted by Crippen LogP contribution is 2.25. The summed E-state index contributed by atoms with van der Waals surface area (Å²) in [5, 5.41) is 21.7. The van der Waals surface area contributed by atoms with Crippen LogP contribution in [0.1, 0.15) is 32.7 Å². The van der Waals surface area contributed by atoms with Gasteiger partial charge in [0.05, 0.1) is 12.1 Å². The van der Waals surface area contributed by atoms with Crippen LogP contribution in [0.3, 0.4) is 0 Å². The van der Waals surface area contributed by atoms with Gasteiger partial charge in [0.2, 0.25) is 0 Å². The smallest absolute Gasteiger partial charge is 0.322 e. The van der Waals surface area contributed by atoms with Crippen LogP contribution in [0.15, 0.2) is 48.5 Å². The zero-order chi connectivity index (χ0) is 19.4. The number of aryl methyl sites for hydroxylation is 1. The zero-order valence-corrected chi connectivity index (χ0v) is 14.9. The van der Waals surface area contributed by atoms with Gasteiger partial charge in [-0.1, -0.05) is 36.4 Å². The van der Waals surface area contributed by atoms with Crippen LogP contribution in [-0.2, 0) is 17.8 Å². The fourth-order valence-corrected chi connectivity index (χ4v) is 3.15. The van der Waals surface area contributed by atoms with Crippen LogP contribution in [0.2, 0.25) is 0 Å². The fraction of sp³-hybridized carbons (Fsp3) is 0.190. The number of amides is 1. The molecule has 6 nitrogen and oxygen atoms in total. The van der Waals surface area contributed by atoms with E-state index in [2.05, 4.69) is 10.3 Å². The summed E-state index contributed by atoms with van der Waals surface area (Å²) >= 11 is 0. The van der Waals surface area contributed by atoms with Gasteiger partial charge in [0.1, 0.15) is 6.54 Å². The van der Waals surface area contributed by atoms with Crippen LogP contribution in [0.5, 0.6) is 0 Å². The van der Waals surface area contributed by atoms with E-state index in [9.17, 15) is 14.7 Å². The summed E-state index contributed by atoms with van der Waals surface area (Å²) in [7, 11) is 0. The maximum absolute atomic E-state index is 12.4. The van der Waals surface area contributed by atoms with Crippen molar-refractivity contribution in [3.8, 4) is 0 Å². The molecule has 1 heterocycles. The second-order valence-electron chi connectivity index (χ2n) is 6.30. The average molecular weight is 364 g/mol. The monoisotopic (exact) mass is 364 g/mol. The van der Waals surface area contributed by atoms with Gasteiger partial charge in [0.25, 0.3) is 5.91 Å². The quantitative estimate of drug-likeness (QED) is 0.624. The summed E-state index contributed by atoms with van der Waals surface area (Å²) in [6, 6.07) is 14.7. The van der Waals surface area contributed by atoms with Crippen LogP contribution < -0.4 is 5.32 Å². The number of hydrogen-bond donors (Lipinski definition) is 3. The molecule has 0 atom stereocenters. The average Bonchev–Trinajstić information content (AvgIpc) is 2.66. The number of aromatic nitrogens is 1. The summed E-state index contributed by atoms with van der Waals surface area (Å²) in [6.45, 7) is 1.38. The predicted octanol–water partition coefficient (Wildman–Crippen LogP) is 2.44. The SMILES string of the molecule is Cc1cc(CO)c2cccc(Cc3ccccc3C(=O)NCC(=O)O)c2n1. The number of carbonyl (C=O) groups is 2. The Morgan fingerprint density at radius 3 is 2.52 bits per heavy atom. The third kappa shape index (κ3) is 4.12. The predicted molar refractivity (Wildman–Crippen MR) is 102 cm³/mol. The highest BCUT2D eigenvalue weighted by atomic mass is 16.4. The lowest BCUT2D eigenvalue weighted by Gasteiger charge is -2.13. The van der Waals surface area contributed by atoms with Gasteiger partial charge in [-0.05, 0) is 35.7 Å². The van der Waals surface area contributed by atoms with Crippen LogP contribution in [0.25, 0.3) is 10.9 Å². The van der Waals surface area contributed by atoms with Gasteiger partial charge in [-0.15, -0.1) is 0 Å². The number of aliphatic hydroxyl groups is 1. The third-order valence-electron chi connectivity index (χ3n) is 4.35. The molecule has 3 N–H and O–H groups in total. The molecule has 2 aromatic carbocycles. The largest absolute Gasteiger partial charge is 0.480 e. The number of carboxylic acid groups (broad SMARTS) is 1. The molecule has 0 aliphatic heterocycles. The number of hydrogen-bond acceptors (Lipinski definition) is 4. The molecule has 6 heteroatoms. The molecule has 0 radical (unpaired) electrons. The topological polar surface area (TPSA) is 99.5 Å². The number of carbonyl (C=O) groups excluding carboxylic acids is 1. The molecule has 27 heavy (non-hydrogen) atoms. The Hall–Kier alpha value is -3.25. The van der Waals surface area contributed by atoms with E-state index in [1.54, 1.807) is 12.1 Å². The number of nitrogens with zero attached hydrogens (tertiary/aromatic N) is 1. The Morgan fingerprint density at radius 2 is 1.78 bits per heavy atom. The van der Waals surface area contributed by atoms with Crippen LogP contribution in [0.4, 0.5) is 0 Å². The molecule has 0 aliphatic rings. The summed E-state index contributed by atoms with van der Waals surface area (Å²) in [4.78, 5) is 27.7. The minimum absolute atomic E-state index is 0.0719. The number of aliphatic carboxylic acids is 1. The molecule has 3 aromatic rings. The lowest BCUT2D eigenvalue weighted by molar-refractivity contribution is -0.135. The summed E-state index contributed by atoms with van der Waals surface area (Å²) < 4.78 is 0. The first-order chi connectivity index (χ1) is 13.0. The molecule has 1 aromatic heterocycles. The van der Waals surface area contributed by atoms with Crippen LogP contribution in [-0.4, -0.2) is 33.6 Å². The van der Waals surface area contributed by atoms with Gasteiger partial charge >= 0.3 is 5.97 Å². The summed E-state index contributed by atoms with van der Waals surface area (Å²) in [5.41, 5.74) is 4.57. The van der Waals surface area contributed by atoms with Gasteiger partial charge in [-0.3, -0.25) is 14.6 Å². The van der Waals surface area contributed by atoms with Crippen molar-refractivity contribution in [2.45, 2.75) is 20.0 Å². The molecule has 0 aliphatic carbocycles. The first-order valence-corrected chi connectivity index (χ1v) is 8.56. The van der Waals surface area contributed by atoms with Crippen molar-refractivity contribution in [3.63, 3.8) is 0 Å². The zero-order valence-electron chi connectivity index (χ0n) is 14.9. The van der Waals surface area contributed by atoms with E-state index < -0.39 is 18.4 Å². The van der Waals surface area contributed by atoms with Crippen molar-refractivity contribution in [3.05, 3.63) is 76.5 Å². The van der Waals surface area contributed by atoms with Crippen molar-refractivity contribution >= 4 is 22.8 Å². The summed E-state index contributed by atoms with van der Waals surface area (Å²) in [5.74, 6) is -1.51. The standard InChI is InChI=1S/C21H20N2O4/c1-13-9-16(12-24)17-8-4-6-15(20(17)23-13)10-14-5-2-3-7-18(14)21(27)22-11-19(25)26/h2-9,24H,10-12H2,1H3,(H,22,27)(H,25,26). The van der Waals surface area contributed by atoms with E-state index in [0.29, 0.717) is 12.0 Å². The van der Waals surface area contributed by atoms with E-state index >= 15 is 0 Å². The number of benzene rings is 2. The molecule has 138 valence electrons. The second-order valence-corrected chi connectivity index (χ2v) is 6.30. The first-order valence-electron chi connectivity index (χ1n) is 8.56. The van der Waals surface area contributed by atoms with Gasteiger partial charge < -0.3 is 15.5 Å². The lowest BCUT2D eigenvalue weighted by Crippen LogP contribution is -2.30. The minimum Gasteiger partial charge on any atom is -0.480 e. The Labute approximate surface area is 156 Å². The Kier molecular flexibility index (Phi) is 5.47. The van der Waals surface area contributed by atoms with E-state index in [4.69, 9.17) is 5.11 Å². The maximum Gasteiger partial charge on any atom is 0.322 e. The summed E-state index contributed by atoms with van der Waals surface area (Å²) in [6.07, 6.45) is 0.468. The van der Waals surface area contributed by atoms with E-state index in [0.717, 1.165) is 33.3 Å². The van der Waals surface area contributed by atoms with E-state index in [-0.39, 0.29) is 6.61 Å². The Bertz CT molecular complexity index is 1010. The van der Waals surface area contributed by atoms with E-state index in [1.165, 1.54) is 0 Å². The highest BCUT2D eigenvalue weighted by molar-refractivity contribution is 5.97. The van der Waals surface area contributed by atoms with E-state index in [1.807, 2.05) is 43.3 Å². The van der Waals surface area contributed by atoms with Crippen molar-refractivity contribution in [2.24, 2.45) is 0 Å². The molecule has 3 rings (SSSR count). The number of fused-ring (bicyclic) bond motifs is 1. The number of para-hydroxylation sites is 1. The van der Waals surface area contributed by atoms with Gasteiger partial charge in [0, 0.05) is 23.1 Å². The van der Waals surface area contributed by atoms with Gasteiger partial charge in [-0.25, -0.2) is 0 Å².